The first-order valence-electron chi connectivity index (χ1n) is 10.4. The van der Waals surface area contributed by atoms with Gasteiger partial charge in [0.15, 0.2) is 5.65 Å². The minimum atomic E-state index is -0.271. The molecule has 0 saturated carbocycles. The Morgan fingerprint density at radius 1 is 0.939 bits per heavy atom. The fourth-order valence-corrected chi connectivity index (χ4v) is 3.68. The van der Waals surface area contributed by atoms with Gasteiger partial charge >= 0.3 is 0 Å². The Bertz CT molecular complexity index is 1490. The van der Waals surface area contributed by atoms with Crippen molar-refractivity contribution < 1.29 is 9.18 Å². The average Bonchev–Trinajstić information content (AvgIpc) is 3.21. The molecule has 0 unspecified atom stereocenters. The molecule has 2 aromatic carbocycles. The highest BCUT2D eigenvalue weighted by Gasteiger charge is 2.18. The van der Waals surface area contributed by atoms with Crippen LogP contribution in [0.4, 0.5) is 10.2 Å². The molecule has 0 aliphatic carbocycles. The normalized spacial score (nSPS) is 11.0. The molecule has 0 spiro atoms. The molecule has 0 saturated heterocycles. The summed E-state index contributed by atoms with van der Waals surface area (Å²) in [5, 5.41) is 7.32. The summed E-state index contributed by atoms with van der Waals surface area (Å²) in [7, 11) is 0. The number of halogens is 1. The number of rotatable bonds is 4. The minimum absolute atomic E-state index is 0.245. The highest BCUT2D eigenvalue weighted by molar-refractivity contribution is 6.04. The molecule has 6 nitrogen and oxygen atoms in total. The van der Waals surface area contributed by atoms with Crippen molar-refractivity contribution in [2.45, 2.75) is 13.8 Å². The smallest absolute Gasteiger partial charge is 0.256 e. The van der Waals surface area contributed by atoms with Crippen molar-refractivity contribution in [3.05, 3.63) is 102 Å². The number of anilines is 1. The Balaban J connectivity index is 1.58. The quantitative estimate of drug-likeness (QED) is 0.405. The topological polar surface area (TPSA) is 72.2 Å². The van der Waals surface area contributed by atoms with Gasteiger partial charge in [0.25, 0.3) is 5.91 Å². The number of aryl methyl sites for hydroxylation is 2. The summed E-state index contributed by atoms with van der Waals surface area (Å²) < 4.78 is 15.6. The Kier molecular flexibility index (Phi) is 5.14. The first kappa shape index (κ1) is 20.5. The van der Waals surface area contributed by atoms with E-state index in [4.69, 9.17) is 4.98 Å². The minimum Gasteiger partial charge on any atom is -0.307 e. The van der Waals surface area contributed by atoms with Crippen molar-refractivity contribution >= 4 is 17.4 Å². The summed E-state index contributed by atoms with van der Waals surface area (Å²) in [6.45, 7) is 3.69. The van der Waals surface area contributed by atoms with Crippen molar-refractivity contribution in [3.63, 3.8) is 0 Å². The van der Waals surface area contributed by atoms with Crippen molar-refractivity contribution in [1.82, 2.24) is 19.6 Å². The van der Waals surface area contributed by atoms with Gasteiger partial charge in [-0.3, -0.25) is 4.79 Å². The molecule has 1 amide bonds. The van der Waals surface area contributed by atoms with E-state index in [1.54, 1.807) is 54.2 Å². The van der Waals surface area contributed by atoms with E-state index in [1.807, 2.05) is 37.3 Å². The van der Waals surface area contributed by atoms with Crippen LogP contribution in [0.15, 0.2) is 79.1 Å². The number of carbonyl (C=O) groups excluding carboxylic acids is 1. The zero-order valence-electron chi connectivity index (χ0n) is 18.1. The Labute approximate surface area is 189 Å². The number of nitrogens with zero attached hydrogens (tertiary/aromatic N) is 4. The van der Waals surface area contributed by atoms with E-state index in [0.717, 1.165) is 22.4 Å². The summed E-state index contributed by atoms with van der Waals surface area (Å²) in [4.78, 5) is 21.7. The van der Waals surface area contributed by atoms with Crippen LogP contribution in [0.1, 0.15) is 21.5 Å². The molecule has 5 aromatic rings. The number of fused-ring (bicyclic) bond motifs is 1. The van der Waals surface area contributed by atoms with Gasteiger partial charge in [-0.15, -0.1) is 0 Å². The standard InChI is InChI=1S/C26H20FN5O/c1-16-5-7-18(8-6-16)26(33)30-22-15-20(11-13-28-22)25-24(19-9-10-21(27)17(2)14-19)31-23-4-3-12-29-32(23)25/h3-15H,1-2H3,(H,28,30,33). The van der Waals surface area contributed by atoms with E-state index in [0.29, 0.717) is 28.3 Å². The number of carbonyl (C=O) groups is 1. The maximum absolute atomic E-state index is 13.9. The van der Waals surface area contributed by atoms with Gasteiger partial charge in [-0.1, -0.05) is 17.7 Å². The average molecular weight is 437 g/mol. The number of aromatic nitrogens is 4. The Hall–Kier alpha value is -4.39. The maximum atomic E-state index is 13.9. The van der Waals surface area contributed by atoms with Crippen LogP contribution in [0.3, 0.4) is 0 Å². The summed E-state index contributed by atoms with van der Waals surface area (Å²) in [6, 6.07) is 19.5. The molecule has 3 aromatic heterocycles. The molecular formula is C26H20FN5O. The van der Waals surface area contributed by atoms with Gasteiger partial charge in [0, 0.05) is 29.1 Å². The van der Waals surface area contributed by atoms with Crippen LogP contribution < -0.4 is 5.32 Å². The van der Waals surface area contributed by atoms with Crippen molar-refractivity contribution in [2.24, 2.45) is 0 Å². The number of hydrogen-bond acceptors (Lipinski definition) is 4. The van der Waals surface area contributed by atoms with Gasteiger partial charge in [0.1, 0.15) is 17.3 Å². The van der Waals surface area contributed by atoms with Crippen molar-refractivity contribution in [2.75, 3.05) is 5.32 Å². The second-order valence-electron chi connectivity index (χ2n) is 7.82. The molecular weight excluding hydrogens is 417 g/mol. The fourth-order valence-electron chi connectivity index (χ4n) is 3.68. The number of imidazole rings is 1. The van der Waals surface area contributed by atoms with Gasteiger partial charge < -0.3 is 5.32 Å². The maximum Gasteiger partial charge on any atom is 0.256 e. The highest BCUT2D eigenvalue weighted by Crippen LogP contribution is 2.33. The molecule has 1 N–H and O–H groups in total. The second kappa shape index (κ2) is 8.27. The third kappa shape index (κ3) is 3.96. The molecule has 5 rings (SSSR count). The lowest BCUT2D eigenvalue weighted by Crippen LogP contribution is -2.12. The van der Waals surface area contributed by atoms with Gasteiger partial charge in [-0.25, -0.2) is 18.9 Å². The monoisotopic (exact) mass is 437 g/mol. The molecule has 0 aliphatic rings. The summed E-state index contributed by atoms with van der Waals surface area (Å²) in [5.74, 6) is -0.109. The van der Waals surface area contributed by atoms with Crippen LogP contribution in [-0.4, -0.2) is 25.5 Å². The largest absolute Gasteiger partial charge is 0.307 e. The summed E-state index contributed by atoms with van der Waals surface area (Å²) >= 11 is 0. The van der Waals surface area contributed by atoms with Crippen LogP contribution in [0, 0.1) is 19.7 Å². The predicted octanol–water partition coefficient (Wildman–Crippen LogP) is 5.47. The molecule has 0 bridgehead atoms. The van der Waals surface area contributed by atoms with Crippen LogP contribution in [0.5, 0.6) is 0 Å². The van der Waals surface area contributed by atoms with E-state index in [1.165, 1.54) is 6.07 Å². The van der Waals surface area contributed by atoms with Crippen LogP contribution in [-0.2, 0) is 0 Å². The molecule has 162 valence electrons. The predicted molar refractivity (Wildman–Crippen MR) is 125 cm³/mol. The van der Waals surface area contributed by atoms with E-state index in [9.17, 15) is 9.18 Å². The number of nitrogens with one attached hydrogen (secondary N) is 1. The van der Waals surface area contributed by atoms with Crippen molar-refractivity contribution in [1.29, 1.82) is 0 Å². The first-order chi connectivity index (χ1) is 16.0. The highest BCUT2D eigenvalue weighted by atomic mass is 19.1. The molecule has 33 heavy (non-hydrogen) atoms. The summed E-state index contributed by atoms with van der Waals surface area (Å²) in [6.07, 6.45) is 3.31. The van der Waals surface area contributed by atoms with E-state index >= 15 is 0 Å². The van der Waals surface area contributed by atoms with Gasteiger partial charge in [-0.05, 0) is 74.0 Å². The molecule has 0 fully saturated rings. The zero-order valence-corrected chi connectivity index (χ0v) is 18.1. The Morgan fingerprint density at radius 2 is 1.76 bits per heavy atom. The van der Waals surface area contributed by atoms with Gasteiger partial charge in [0.2, 0.25) is 0 Å². The van der Waals surface area contributed by atoms with Crippen molar-refractivity contribution in [3.8, 4) is 22.5 Å². The van der Waals surface area contributed by atoms with Gasteiger partial charge in [0.05, 0.1) is 5.69 Å². The lowest BCUT2D eigenvalue weighted by molar-refractivity contribution is 0.102. The number of amides is 1. The number of hydrogen-bond donors (Lipinski definition) is 1. The number of pyridine rings is 1. The van der Waals surface area contributed by atoms with Crippen LogP contribution >= 0.6 is 0 Å². The van der Waals surface area contributed by atoms with E-state index in [2.05, 4.69) is 15.4 Å². The van der Waals surface area contributed by atoms with Gasteiger partial charge in [-0.2, -0.15) is 5.10 Å². The lowest BCUT2D eigenvalue weighted by Gasteiger charge is -2.09. The second-order valence-corrected chi connectivity index (χ2v) is 7.82. The third-order valence-corrected chi connectivity index (χ3v) is 5.41. The van der Waals surface area contributed by atoms with Crippen LogP contribution in [0.2, 0.25) is 0 Å². The first-order valence-corrected chi connectivity index (χ1v) is 10.4. The molecule has 3 heterocycles. The molecule has 7 heteroatoms. The fraction of sp³-hybridized carbons (Fsp3) is 0.0769. The lowest BCUT2D eigenvalue weighted by atomic mass is 10.0. The summed E-state index contributed by atoms with van der Waals surface area (Å²) in [5.41, 5.74) is 5.75. The zero-order chi connectivity index (χ0) is 22.9. The molecule has 0 radical (unpaired) electrons. The van der Waals surface area contributed by atoms with E-state index < -0.39 is 0 Å². The molecule has 0 aliphatic heterocycles. The number of benzene rings is 2. The molecule has 0 atom stereocenters. The SMILES string of the molecule is Cc1ccc(C(=O)Nc2cc(-c3c(-c4ccc(F)c(C)c4)nc4cccnn34)ccn2)cc1. The van der Waals surface area contributed by atoms with E-state index in [-0.39, 0.29) is 11.7 Å². The third-order valence-electron chi connectivity index (χ3n) is 5.41. The Morgan fingerprint density at radius 3 is 2.55 bits per heavy atom. The van der Waals surface area contributed by atoms with Crippen LogP contribution in [0.25, 0.3) is 28.2 Å².